The number of ether oxygens (including phenoxy) is 2. The van der Waals surface area contributed by atoms with Gasteiger partial charge in [-0.2, -0.15) is 0 Å². The van der Waals surface area contributed by atoms with E-state index in [1.807, 2.05) is 72.8 Å². The maximum Gasteiger partial charge on any atom is 0.274 e. The summed E-state index contributed by atoms with van der Waals surface area (Å²) in [6.45, 7) is 6.50. The maximum atomic E-state index is 12.8. The van der Waals surface area contributed by atoms with Gasteiger partial charge < -0.3 is 30.7 Å². The van der Waals surface area contributed by atoms with E-state index < -0.39 is 6.04 Å². The summed E-state index contributed by atoms with van der Waals surface area (Å²) in [5.74, 6) is 0.692. The molecule has 13 nitrogen and oxygen atoms in total. The second-order valence-corrected chi connectivity index (χ2v) is 12.5. The van der Waals surface area contributed by atoms with Crippen molar-refractivity contribution in [3.8, 4) is 0 Å². The molecule has 0 aliphatic heterocycles. The molecule has 0 fully saturated rings. The number of hydrogen-bond donors (Lipinski definition) is 4. The molecule has 0 spiro atoms. The fourth-order valence-electron chi connectivity index (χ4n) is 5.45. The van der Waals surface area contributed by atoms with Gasteiger partial charge in [0.15, 0.2) is 0 Å². The van der Waals surface area contributed by atoms with Gasteiger partial charge in [0.05, 0.1) is 49.3 Å². The first-order valence-corrected chi connectivity index (χ1v) is 17.4. The van der Waals surface area contributed by atoms with E-state index in [-0.39, 0.29) is 29.3 Å². The van der Waals surface area contributed by atoms with Gasteiger partial charge in [-0.15, -0.1) is 0 Å². The van der Waals surface area contributed by atoms with Gasteiger partial charge in [0.2, 0.25) is 17.6 Å². The fraction of sp³-hybridized carbons (Fsp3) is 0.368. The Balaban J connectivity index is 0.907. The zero-order chi connectivity index (χ0) is 35.8. The molecule has 5 aromatic rings. The molecule has 51 heavy (non-hydrogen) atoms. The zero-order valence-electron chi connectivity index (χ0n) is 29.1. The van der Waals surface area contributed by atoms with Crippen LogP contribution in [0, 0.1) is 5.92 Å². The number of anilines is 2. The Morgan fingerprint density at radius 3 is 2.37 bits per heavy atom. The number of fused-ring (bicyclic) bond motifs is 3. The minimum Gasteiger partial charge on any atom is -0.377 e. The minimum atomic E-state index is -0.572. The number of carbonyl (C=O) groups excluding carboxylic acids is 3. The number of aryl methyl sites for hydroxylation is 1. The molecule has 0 bridgehead atoms. The molecule has 3 heterocycles. The lowest BCUT2D eigenvalue weighted by molar-refractivity contribution is -0.129. The normalized spacial score (nSPS) is 11.8. The van der Waals surface area contributed by atoms with Crippen molar-refractivity contribution in [2.75, 3.05) is 50.2 Å². The number of nitrogens with one attached hydrogen (secondary N) is 4. The van der Waals surface area contributed by atoms with Crippen LogP contribution in [-0.4, -0.2) is 82.6 Å². The number of aromatic nitrogens is 4. The van der Waals surface area contributed by atoms with E-state index in [9.17, 15) is 14.4 Å². The van der Waals surface area contributed by atoms with Crippen molar-refractivity contribution in [2.24, 2.45) is 5.92 Å². The van der Waals surface area contributed by atoms with Gasteiger partial charge in [-0.3, -0.25) is 18.8 Å². The van der Waals surface area contributed by atoms with Crippen molar-refractivity contribution in [3.63, 3.8) is 0 Å². The van der Waals surface area contributed by atoms with Gasteiger partial charge in [0, 0.05) is 25.7 Å². The number of amides is 3. The highest BCUT2D eigenvalue weighted by Gasteiger charge is 2.21. The van der Waals surface area contributed by atoms with Gasteiger partial charge in [0.1, 0.15) is 17.6 Å². The summed E-state index contributed by atoms with van der Waals surface area (Å²) in [6.07, 6.45) is 5.85. The monoisotopic (exact) mass is 694 g/mol. The molecule has 0 radical (unpaired) electrons. The van der Waals surface area contributed by atoms with Gasteiger partial charge in [-0.25, -0.2) is 15.0 Å². The van der Waals surface area contributed by atoms with Crippen molar-refractivity contribution in [1.82, 2.24) is 30.0 Å². The first-order chi connectivity index (χ1) is 24.9. The molecule has 3 amide bonds. The van der Waals surface area contributed by atoms with Crippen molar-refractivity contribution < 1.29 is 23.9 Å². The lowest BCUT2D eigenvalue weighted by atomic mass is 10.0. The Labute approximate surface area is 297 Å². The van der Waals surface area contributed by atoms with E-state index in [4.69, 9.17) is 9.47 Å². The van der Waals surface area contributed by atoms with Crippen LogP contribution in [0.25, 0.3) is 16.8 Å². The summed E-state index contributed by atoms with van der Waals surface area (Å²) in [6, 6.07) is 22.4. The van der Waals surface area contributed by atoms with Crippen molar-refractivity contribution in [3.05, 3.63) is 96.4 Å². The van der Waals surface area contributed by atoms with Crippen LogP contribution in [0.5, 0.6) is 0 Å². The summed E-state index contributed by atoms with van der Waals surface area (Å²) >= 11 is 0. The number of para-hydroxylation sites is 2. The molecule has 4 N–H and O–H groups in total. The second-order valence-electron chi connectivity index (χ2n) is 12.5. The number of rotatable bonds is 20. The Morgan fingerprint density at radius 2 is 1.61 bits per heavy atom. The molecule has 1 atom stereocenters. The summed E-state index contributed by atoms with van der Waals surface area (Å²) in [7, 11) is 0. The van der Waals surface area contributed by atoms with Crippen LogP contribution < -0.4 is 21.3 Å². The van der Waals surface area contributed by atoms with E-state index in [2.05, 4.69) is 36.2 Å². The standard InChI is InChI=1S/C38H46N8O5/c1-27(2)25-32(43-35(47)14-8-11-28-9-4-3-5-10-28)36(48)40-19-22-51-24-23-50-21-18-39-34-16-15-29(26-41-34)42-37(49)31-17-20-46-33-13-7-6-12-30(33)44-38(46)45-31/h3-7,9-10,12-13,15-17,20,26-27,32H,8,11,14,18-19,21-25H2,1-2H3,(H,39,41)(H,40,48)(H,42,49)(H,43,47)/t32-/m0/s1. The average Bonchev–Trinajstić information content (AvgIpc) is 3.51. The van der Waals surface area contributed by atoms with Gasteiger partial charge >= 0.3 is 0 Å². The quantitative estimate of drug-likeness (QED) is 0.0851. The molecule has 0 aliphatic rings. The average molecular weight is 695 g/mol. The van der Waals surface area contributed by atoms with Crippen LogP contribution in [0.1, 0.15) is 49.2 Å². The van der Waals surface area contributed by atoms with Crippen LogP contribution in [-0.2, 0) is 25.5 Å². The molecule has 5 rings (SSSR count). The van der Waals surface area contributed by atoms with Gasteiger partial charge in [0.25, 0.3) is 5.91 Å². The molecular weight excluding hydrogens is 648 g/mol. The summed E-state index contributed by atoms with van der Waals surface area (Å²) < 4.78 is 13.1. The van der Waals surface area contributed by atoms with E-state index in [0.717, 1.165) is 23.9 Å². The maximum absolute atomic E-state index is 12.8. The van der Waals surface area contributed by atoms with E-state index in [1.165, 1.54) is 5.56 Å². The third kappa shape index (κ3) is 11.6. The van der Waals surface area contributed by atoms with Crippen molar-refractivity contribution in [2.45, 2.75) is 45.6 Å². The smallest absolute Gasteiger partial charge is 0.274 e. The predicted molar refractivity (Wildman–Crippen MR) is 197 cm³/mol. The molecule has 0 unspecified atom stereocenters. The van der Waals surface area contributed by atoms with Crippen LogP contribution in [0.2, 0.25) is 0 Å². The van der Waals surface area contributed by atoms with E-state index in [0.29, 0.717) is 69.6 Å². The highest BCUT2D eigenvalue weighted by Crippen LogP contribution is 2.16. The summed E-state index contributed by atoms with van der Waals surface area (Å²) in [5.41, 5.74) is 3.73. The summed E-state index contributed by atoms with van der Waals surface area (Å²) in [5, 5.41) is 11.8. The molecule has 0 saturated carbocycles. The Morgan fingerprint density at radius 1 is 0.843 bits per heavy atom. The first-order valence-electron chi connectivity index (χ1n) is 17.4. The summed E-state index contributed by atoms with van der Waals surface area (Å²) in [4.78, 5) is 51.3. The highest BCUT2D eigenvalue weighted by molar-refractivity contribution is 6.03. The van der Waals surface area contributed by atoms with Crippen LogP contribution >= 0.6 is 0 Å². The second kappa shape index (κ2) is 19.1. The van der Waals surface area contributed by atoms with Crippen molar-refractivity contribution >= 4 is 46.0 Å². The molecule has 268 valence electrons. The fourth-order valence-corrected chi connectivity index (χ4v) is 5.45. The predicted octanol–water partition coefficient (Wildman–Crippen LogP) is 4.64. The number of imidazole rings is 1. The Hall–Kier alpha value is -5.40. The van der Waals surface area contributed by atoms with E-state index in [1.54, 1.807) is 30.6 Å². The number of hydrogen-bond acceptors (Lipinski definition) is 9. The molecule has 2 aromatic carbocycles. The lowest BCUT2D eigenvalue weighted by Crippen LogP contribution is -2.48. The molecular formula is C38H46N8O5. The largest absolute Gasteiger partial charge is 0.377 e. The van der Waals surface area contributed by atoms with Gasteiger partial charge in [-0.1, -0.05) is 56.3 Å². The number of benzene rings is 2. The third-order valence-electron chi connectivity index (χ3n) is 7.97. The molecule has 0 aliphatic carbocycles. The Kier molecular flexibility index (Phi) is 13.8. The van der Waals surface area contributed by atoms with Crippen molar-refractivity contribution in [1.29, 1.82) is 0 Å². The van der Waals surface area contributed by atoms with Crippen LogP contribution in [0.4, 0.5) is 11.5 Å². The first kappa shape index (κ1) is 36.9. The topological polar surface area (TPSA) is 161 Å². The zero-order valence-corrected chi connectivity index (χ0v) is 29.1. The number of pyridine rings is 1. The molecule has 0 saturated heterocycles. The lowest BCUT2D eigenvalue weighted by Gasteiger charge is -2.20. The number of nitrogens with zero attached hydrogens (tertiary/aromatic N) is 4. The van der Waals surface area contributed by atoms with E-state index >= 15 is 0 Å². The Bertz CT molecular complexity index is 1860. The molecule has 13 heteroatoms. The molecule has 3 aromatic heterocycles. The van der Waals surface area contributed by atoms with Crippen LogP contribution in [0.15, 0.2) is 85.2 Å². The SMILES string of the molecule is CC(C)C[C@H](NC(=O)CCCc1ccccc1)C(=O)NCCOCCOCCNc1ccc(NC(=O)c2ccn3c(n2)nc2ccccc23)cn1. The highest BCUT2D eigenvalue weighted by atomic mass is 16.5. The van der Waals surface area contributed by atoms with Gasteiger partial charge in [-0.05, 0) is 61.1 Å². The third-order valence-corrected chi connectivity index (χ3v) is 7.97. The van der Waals surface area contributed by atoms with Crippen LogP contribution in [0.3, 0.4) is 0 Å². The minimum absolute atomic E-state index is 0.112. The number of carbonyl (C=O) groups is 3.